The highest BCUT2D eigenvalue weighted by molar-refractivity contribution is 5.76. The van der Waals surface area contributed by atoms with Crippen LogP contribution in [0.1, 0.15) is 31.2 Å². The minimum absolute atomic E-state index is 0.00852. The molecule has 1 aliphatic carbocycles. The molecule has 1 fully saturated rings. The summed E-state index contributed by atoms with van der Waals surface area (Å²) in [5.74, 6) is 0.243. The van der Waals surface area contributed by atoms with Gasteiger partial charge in [0.2, 0.25) is 5.91 Å². The third kappa shape index (κ3) is 3.23. The van der Waals surface area contributed by atoms with Gasteiger partial charge in [0, 0.05) is 17.5 Å². The molecule has 0 aromatic carbocycles. The number of carbonyl (C=O) groups excluding carboxylic acids is 1. The molecule has 1 amide bonds. The molecule has 1 aliphatic rings. The molecule has 20 heavy (non-hydrogen) atoms. The number of carbonyl (C=O) groups is 1. The highest BCUT2D eigenvalue weighted by Crippen LogP contribution is 2.27. The summed E-state index contributed by atoms with van der Waals surface area (Å²) in [5.41, 5.74) is 5.92. The smallest absolute Gasteiger partial charge is 0.290 e. The number of nitro groups is 1. The van der Waals surface area contributed by atoms with Gasteiger partial charge in [-0.2, -0.15) is 0 Å². The minimum Gasteiger partial charge on any atom is -0.369 e. The largest absolute Gasteiger partial charge is 0.369 e. The normalized spacial score (nSPS) is 22.2. The van der Waals surface area contributed by atoms with Gasteiger partial charge in [0.05, 0.1) is 4.92 Å². The summed E-state index contributed by atoms with van der Waals surface area (Å²) in [6, 6.07) is 1.79. The molecular formula is C13H18N4O3. The molecule has 3 N–H and O–H groups in total. The van der Waals surface area contributed by atoms with Crippen molar-refractivity contribution in [2.24, 2.45) is 11.7 Å². The summed E-state index contributed by atoms with van der Waals surface area (Å²) in [4.78, 5) is 25.6. The molecule has 1 heterocycles. The number of nitrogens with zero attached hydrogens (tertiary/aromatic N) is 2. The van der Waals surface area contributed by atoms with Crippen molar-refractivity contribution < 1.29 is 9.72 Å². The van der Waals surface area contributed by atoms with E-state index in [-0.39, 0.29) is 23.6 Å². The zero-order valence-corrected chi connectivity index (χ0v) is 11.3. The number of hydrogen-bond donors (Lipinski definition) is 2. The van der Waals surface area contributed by atoms with Gasteiger partial charge in [-0.3, -0.25) is 14.9 Å². The minimum atomic E-state index is -0.449. The Labute approximate surface area is 116 Å². The van der Waals surface area contributed by atoms with Gasteiger partial charge in [-0.15, -0.1) is 0 Å². The lowest BCUT2D eigenvalue weighted by molar-refractivity contribution is -0.385. The fraction of sp³-hybridized carbons (Fsp3) is 0.538. The number of nitrogens with one attached hydrogen (secondary N) is 1. The van der Waals surface area contributed by atoms with Crippen LogP contribution < -0.4 is 11.1 Å². The Hall–Kier alpha value is -2.18. The van der Waals surface area contributed by atoms with E-state index in [0.29, 0.717) is 17.8 Å². The Morgan fingerprint density at radius 3 is 2.90 bits per heavy atom. The maximum absolute atomic E-state index is 11.2. The first-order valence-corrected chi connectivity index (χ1v) is 6.64. The van der Waals surface area contributed by atoms with Crippen molar-refractivity contribution >= 4 is 17.4 Å². The number of anilines is 1. The molecule has 1 aromatic heterocycles. The third-order valence-corrected chi connectivity index (χ3v) is 3.71. The first-order valence-electron chi connectivity index (χ1n) is 6.64. The molecule has 108 valence electrons. The monoisotopic (exact) mass is 278 g/mol. The number of aryl methyl sites for hydroxylation is 1. The zero-order valence-electron chi connectivity index (χ0n) is 11.3. The van der Waals surface area contributed by atoms with E-state index in [1.54, 1.807) is 13.0 Å². The number of amides is 1. The van der Waals surface area contributed by atoms with Gasteiger partial charge < -0.3 is 11.1 Å². The fourth-order valence-corrected chi connectivity index (χ4v) is 2.61. The topological polar surface area (TPSA) is 111 Å². The average molecular weight is 278 g/mol. The molecular weight excluding hydrogens is 260 g/mol. The van der Waals surface area contributed by atoms with Crippen LogP contribution >= 0.6 is 0 Å². The Kier molecular flexibility index (Phi) is 4.16. The molecule has 2 atom stereocenters. The summed E-state index contributed by atoms with van der Waals surface area (Å²) in [6.45, 7) is 1.68. The molecule has 0 radical (unpaired) electrons. The third-order valence-electron chi connectivity index (χ3n) is 3.71. The molecule has 1 saturated carbocycles. The highest BCUT2D eigenvalue weighted by atomic mass is 16.6. The number of pyridine rings is 1. The Balaban J connectivity index is 2.04. The van der Waals surface area contributed by atoms with Crippen LogP contribution in [-0.4, -0.2) is 21.9 Å². The Morgan fingerprint density at radius 2 is 2.30 bits per heavy atom. The van der Waals surface area contributed by atoms with E-state index in [9.17, 15) is 14.9 Å². The van der Waals surface area contributed by atoms with E-state index >= 15 is 0 Å². The Morgan fingerprint density at radius 1 is 1.55 bits per heavy atom. The second-order valence-corrected chi connectivity index (χ2v) is 5.22. The molecule has 0 spiro atoms. The summed E-state index contributed by atoms with van der Waals surface area (Å²) in [7, 11) is 0. The van der Waals surface area contributed by atoms with Gasteiger partial charge in [0.25, 0.3) is 5.69 Å². The van der Waals surface area contributed by atoms with Crippen LogP contribution in [0.25, 0.3) is 0 Å². The molecule has 2 rings (SSSR count). The summed E-state index contributed by atoms with van der Waals surface area (Å²) >= 11 is 0. The molecule has 1 aromatic rings. The van der Waals surface area contributed by atoms with Crippen molar-refractivity contribution in [1.29, 1.82) is 0 Å². The number of rotatable bonds is 4. The van der Waals surface area contributed by atoms with Crippen molar-refractivity contribution in [3.63, 3.8) is 0 Å². The van der Waals surface area contributed by atoms with Crippen molar-refractivity contribution in [3.05, 3.63) is 27.9 Å². The van der Waals surface area contributed by atoms with Gasteiger partial charge in [-0.05, 0) is 32.3 Å². The van der Waals surface area contributed by atoms with Crippen LogP contribution in [0.4, 0.5) is 11.5 Å². The quantitative estimate of drug-likeness (QED) is 0.643. The lowest BCUT2D eigenvalue weighted by Gasteiger charge is -2.28. The van der Waals surface area contributed by atoms with Gasteiger partial charge in [0.15, 0.2) is 0 Å². The van der Waals surface area contributed by atoms with Crippen molar-refractivity contribution in [2.45, 2.75) is 38.6 Å². The van der Waals surface area contributed by atoms with Crippen molar-refractivity contribution in [3.8, 4) is 0 Å². The van der Waals surface area contributed by atoms with Crippen LogP contribution in [0.15, 0.2) is 12.3 Å². The summed E-state index contributed by atoms with van der Waals surface area (Å²) < 4.78 is 0. The standard InChI is InChI=1S/C13H18N4O3/c1-8-5-12(15-7-11(8)17(19)20)16-10-4-2-3-9(6-10)13(14)18/h5,7,9-10H,2-4,6H2,1H3,(H2,14,18)(H,15,16). The van der Waals surface area contributed by atoms with E-state index in [1.165, 1.54) is 6.20 Å². The fourth-order valence-electron chi connectivity index (χ4n) is 2.61. The average Bonchev–Trinajstić information content (AvgIpc) is 2.38. The van der Waals surface area contributed by atoms with Crippen LogP contribution in [0, 0.1) is 23.0 Å². The number of aromatic nitrogens is 1. The second kappa shape index (κ2) is 5.85. The van der Waals surface area contributed by atoms with Crippen molar-refractivity contribution in [1.82, 2.24) is 4.98 Å². The van der Waals surface area contributed by atoms with E-state index in [4.69, 9.17) is 5.73 Å². The van der Waals surface area contributed by atoms with Gasteiger partial charge in [-0.1, -0.05) is 6.42 Å². The molecule has 7 nitrogen and oxygen atoms in total. The Bertz CT molecular complexity index is 532. The predicted octanol–water partition coefficient (Wildman–Crippen LogP) is 1.75. The van der Waals surface area contributed by atoms with Crippen LogP contribution in [0.2, 0.25) is 0 Å². The number of hydrogen-bond acceptors (Lipinski definition) is 5. The maximum atomic E-state index is 11.2. The van der Waals surface area contributed by atoms with Gasteiger partial charge in [0.1, 0.15) is 12.0 Å². The van der Waals surface area contributed by atoms with Gasteiger partial charge >= 0.3 is 0 Å². The maximum Gasteiger partial charge on any atom is 0.290 e. The molecule has 0 bridgehead atoms. The summed E-state index contributed by atoms with van der Waals surface area (Å²) in [6.07, 6.45) is 4.66. The second-order valence-electron chi connectivity index (χ2n) is 5.22. The number of nitrogens with two attached hydrogens (primary N) is 1. The highest BCUT2D eigenvalue weighted by Gasteiger charge is 2.26. The van der Waals surface area contributed by atoms with Crippen LogP contribution in [0.3, 0.4) is 0 Å². The van der Waals surface area contributed by atoms with Crippen molar-refractivity contribution in [2.75, 3.05) is 5.32 Å². The molecule has 0 saturated heterocycles. The molecule has 2 unspecified atom stereocenters. The molecule has 0 aliphatic heterocycles. The van der Waals surface area contributed by atoms with E-state index in [1.807, 2.05) is 0 Å². The predicted molar refractivity (Wildman–Crippen MR) is 74.2 cm³/mol. The lowest BCUT2D eigenvalue weighted by Crippen LogP contribution is -2.34. The lowest BCUT2D eigenvalue weighted by atomic mass is 9.85. The first-order chi connectivity index (χ1) is 9.47. The van der Waals surface area contributed by atoms with E-state index in [0.717, 1.165) is 19.3 Å². The zero-order chi connectivity index (χ0) is 14.7. The van der Waals surface area contributed by atoms with Gasteiger partial charge in [-0.25, -0.2) is 4.98 Å². The van der Waals surface area contributed by atoms with E-state index < -0.39 is 4.92 Å². The van der Waals surface area contributed by atoms with E-state index in [2.05, 4.69) is 10.3 Å². The molecule has 7 heteroatoms. The summed E-state index contributed by atoms with van der Waals surface area (Å²) in [5, 5.41) is 14.0. The first kappa shape index (κ1) is 14.2. The van der Waals surface area contributed by atoms with Crippen LogP contribution in [0.5, 0.6) is 0 Å². The SMILES string of the molecule is Cc1cc(NC2CCCC(C(N)=O)C2)ncc1[N+](=O)[O-]. The number of primary amides is 1. The van der Waals surface area contributed by atoms with Crippen LogP contribution in [-0.2, 0) is 4.79 Å².